The van der Waals surface area contributed by atoms with Crippen molar-refractivity contribution in [3.8, 4) is 11.5 Å². The maximum Gasteiger partial charge on any atom is 0.258 e. The highest BCUT2D eigenvalue weighted by atomic mass is 16.3. The number of carbonyl (C=O) groups is 1. The van der Waals surface area contributed by atoms with Crippen molar-refractivity contribution in [1.29, 1.82) is 0 Å². The van der Waals surface area contributed by atoms with E-state index in [0.717, 1.165) is 0 Å². The largest absolute Gasteiger partial charge is 0.504 e. The molecule has 0 heterocycles. The number of phenolic OH excluding ortho intramolecular Hbond substituents is 2. The molecule has 0 saturated heterocycles. The third-order valence-corrected chi connectivity index (χ3v) is 2.46. The molecule has 4 heteroatoms. The number of para-hydroxylation sites is 1. The Kier molecular flexibility index (Phi) is 4.15. The summed E-state index contributed by atoms with van der Waals surface area (Å²) >= 11 is 0. The molecular weight excluding hydrogens is 218 g/mol. The summed E-state index contributed by atoms with van der Waals surface area (Å²) in [6.07, 6.45) is 1.62. The van der Waals surface area contributed by atoms with Crippen molar-refractivity contribution in [2.75, 3.05) is 6.54 Å². The lowest BCUT2D eigenvalue weighted by molar-refractivity contribution is 0.0725. The van der Waals surface area contributed by atoms with Crippen molar-refractivity contribution < 1.29 is 15.0 Å². The summed E-state index contributed by atoms with van der Waals surface area (Å²) in [6, 6.07) is 4.33. The van der Waals surface area contributed by atoms with Gasteiger partial charge in [0, 0.05) is 12.6 Å². The first-order valence-electron chi connectivity index (χ1n) is 5.41. The van der Waals surface area contributed by atoms with Crippen molar-refractivity contribution in [2.45, 2.75) is 19.9 Å². The number of carbonyl (C=O) groups excluding carboxylic acids is 1. The highest BCUT2D eigenvalue weighted by Crippen LogP contribution is 2.29. The number of aromatic hydroxyl groups is 2. The second-order valence-corrected chi connectivity index (χ2v) is 4.01. The lowest BCUT2D eigenvalue weighted by Gasteiger charge is -2.25. The fourth-order valence-electron chi connectivity index (χ4n) is 1.53. The number of benzene rings is 1. The van der Waals surface area contributed by atoms with Crippen molar-refractivity contribution in [1.82, 2.24) is 4.90 Å². The van der Waals surface area contributed by atoms with E-state index in [1.54, 1.807) is 11.0 Å². The molecule has 1 rings (SSSR count). The van der Waals surface area contributed by atoms with Crippen LogP contribution in [-0.4, -0.2) is 33.6 Å². The summed E-state index contributed by atoms with van der Waals surface area (Å²) in [4.78, 5) is 13.7. The van der Waals surface area contributed by atoms with E-state index in [1.165, 1.54) is 18.2 Å². The van der Waals surface area contributed by atoms with Crippen molar-refractivity contribution in [2.24, 2.45) is 0 Å². The summed E-state index contributed by atoms with van der Waals surface area (Å²) in [5, 5.41) is 19.0. The Balaban J connectivity index is 3.09. The van der Waals surface area contributed by atoms with Gasteiger partial charge in [0.15, 0.2) is 11.5 Å². The first kappa shape index (κ1) is 13.1. The molecule has 0 aliphatic rings. The molecule has 0 saturated carbocycles. The molecule has 1 aromatic carbocycles. The molecule has 4 nitrogen and oxygen atoms in total. The zero-order valence-electron chi connectivity index (χ0n) is 10.1. The molecule has 0 aromatic heterocycles. The molecule has 0 spiro atoms. The van der Waals surface area contributed by atoms with Gasteiger partial charge in [-0.15, -0.1) is 6.58 Å². The third-order valence-electron chi connectivity index (χ3n) is 2.46. The average molecular weight is 235 g/mol. The van der Waals surface area contributed by atoms with Crippen LogP contribution in [0.2, 0.25) is 0 Å². The summed E-state index contributed by atoms with van der Waals surface area (Å²) in [5.74, 6) is -1.00. The van der Waals surface area contributed by atoms with Crippen LogP contribution < -0.4 is 0 Å². The molecule has 0 unspecified atom stereocenters. The SMILES string of the molecule is C=CCN(C(=O)c1cccc(O)c1O)C(C)C. The Morgan fingerprint density at radius 3 is 2.65 bits per heavy atom. The van der Waals surface area contributed by atoms with Gasteiger partial charge in [-0.25, -0.2) is 0 Å². The number of nitrogens with zero attached hydrogens (tertiary/aromatic N) is 1. The van der Waals surface area contributed by atoms with E-state index < -0.39 is 0 Å². The van der Waals surface area contributed by atoms with Crippen LogP contribution >= 0.6 is 0 Å². The molecular formula is C13H17NO3. The van der Waals surface area contributed by atoms with Crippen LogP contribution in [0.5, 0.6) is 11.5 Å². The number of hydrogen-bond donors (Lipinski definition) is 2. The van der Waals surface area contributed by atoms with Gasteiger partial charge in [0.25, 0.3) is 5.91 Å². The van der Waals surface area contributed by atoms with Crippen LogP contribution in [0.15, 0.2) is 30.9 Å². The smallest absolute Gasteiger partial charge is 0.258 e. The molecule has 0 radical (unpaired) electrons. The van der Waals surface area contributed by atoms with Crippen LogP contribution in [0.4, 0.5) is 0 Å². The Morgan fingerprint density at radius 1 is 1.47 bits per heavy atom. The van der Waals surface area contributed by atoms with Gasteiger partial charge in [-0.3, -0.25) is 4.79 Å². The molecule has 0 aliphatic carbocycles. The average Bonchev–Trinajstić information content (AvgIpc) is 2.28. The topological polar surface area (TPSA) is 60.8 Å². The fraction of sp³-hybridized carbons (Fsp3) is 0.308. The van der Waals surface area contributed by atoms with E-state index in [4.69, 9.17) is 0 Å². The molecule has 1 aromatic rings. The quantitative estimate of drug-likeness (QED) is 0.621. The minimum Gasteiger partial charge on any atom is -0.504 e. The molecule has 0 bridgehead atoms. The molecule has 17 heavy (non-hydrogen) atoms. The van der Waals surface area contributed by atoms with Gasteiger partial charge in [-0.1, -0.05) is 12.1 Å². The first-order chi connectivity index (χ1) is 7.99. The summed E-state index contributed by atoms with van der Waals surface area (Å²) in [6.45, 7) is 7.74. The molecule has 1 amide bonds. The number of phenols is 2. The number of rotatable bonds is 4. The Bertz CT molecular complexity index is 427. The minimum absolute atomic E-state index is 0.0118. The first-order valence-corrected chi connectivity index (χ1v) is 5.41. The fourth-order valence-corrected chi connectivity index (χ4v) is 1.53. The second-order valence-electron chi connectivity index (χ2n) is 4.01. The lowest BCUT2D eigenvalue weighted by atomic mass is 10.1. The predicted octanol–water partition coefficient (Wildman–Crippen LogP) is 2.13. The van der Waals surface area contributed by atoms with Crippen LogP contribution in [0, 0.1) is 0 Å². The van der Waals surface area contributed by atoms with Crippen LogP contribution in [-0.2, 0) is 0 Å². The molecule has 92 valence electrons. The van der Waals surface area contributed by atoms with Crippen molar-refractivity contribution >= 4 is 5.91 Å². The monoisotopic (exact) mass is 235 g/mol. The molecule has 2 N–H and O–H groups in total. The highest BCUT2D eigenvalue weighted by Gasteiger charge is 2.21. The van der Waals surface area contributed by atoms with Gasteiger partial charge in [-0.05, 0) is 26.0 Å². The third kappa shape index (κ3) is 2.78. The standard InChI is InChI=1S/C13H17NO3/c1-4-8-14(9(2)3)13(17)10-6-5-7-11(15)12(10)16/h4-7,9,15-16H,1,8H2,2-3H3. The van der Waals surface area contributed by atoms with Gasteiger partial charge in [0.05, 0.1) is 5.56 Å². The number of amides is 1. The molecule has 0 fully saturated rings. The van der Waals surface area contributed by atoms with Gasteiger partial charge < -0.3 is 15.1 Å². The van der Waals surface area contributed by atoms with Gasteiger partial charge in [0.2, 0.25) is 0 Å². The van der Waals surface area contributed by atoms with E-state index in [1.807, 2.05) is 13.8 Å². The molecule has 0 aliphatic heterocycles. The van der Waals surface area contributed by atoms with Gasteiger partial charge in [0.1, 0.15) is 0 Å². The van der Waals surface area contributed by atoms with E-state index in [2.05, 4.69) is 6.58 Å². The van der Waals surface area contributed by atoms with Crippen LogP contribution in [0.25, 0.3) is 0 Å². The van der Waals surface area contributed by atoms with Crippen LogP contribution in [0.1, 0.15) is 24.2 Å². The maximum atomic E-state index is 12.2. The van der Waals surface area contributed by atoms with Gasteiger partial charge in [-0.2, -0.15) is 0 Å². The zero-order valence-corrected chi connectivity index (χ0v) is 10.1. The normalized spacial score (nSPS) is 10.3. The Labute approximate surface area is 101 Å². The second kappa shape index (κ2) is 5.39. The summed E-state index contributed by atoms with van der Waals surface area (Å²) in [7, 11) is 0. The summed E-state index contributed by atoms with van der Waals surface area (Å²) in [5.41, 5.74) is 0.0977. The minimum atomic E-state index is -0.382. The van der Waals surface area contributed by atoms with Crippen molar-refractivity contribution in [3.05, 3.63) is 36.4 Å². The number of hydrogen-bond acceptors (Lipinski definition) is 3. The Hall–Kier alpha value is -1.97. The Morgan fingerprint density at radius 2 is 2.12 bits per heavy atom. The molecule has 0 atom stereocenters. The lowest BCUT2D eigenvalue weighted by Crippen LogP contribution is -2.37. The van der Waals surface area contributed by atoms with Crippen molar-refractivity contribution in [3.63, 3.8) is 0 Å². The van der Waals surface area contributed by atoms with Gasteiger partial charge >= 0.3 is 0 Å². The predicted molar refractivity (Wildman–Crippen MR) is 66.1 cm³/mol. The summed E-state index contributed by atoms with van der Waals surface area (Å²) < 4.78 is 0. The van der Waals surface area contributed by atoms with E-state index in [0.29, 0.717) is 6.54 Å². The van der Waals surface area contributed by atoms with E-state index >= 15 is 0 Å². The van der Waals surface area contributed by atoms with E-state index in [9.17, 15) is 15.0 Å². The highest BCUT2D eigenvalue weighted by molar-refractivity contribution is 5.97. The zero-order chi connectivity index (χ0) is 13.0. The van der Waals surface area contributed by atoms with Crippen LogP contribution in [0.3, 0.4) is 0 Å². The maximum absolute atomic E-state index is 12.2. The van der Waals surface area contributed by atoms with E-state index in [-0.39, 0.29) is 29.0 Å².